The van der Waals surface area contributed by atoms with Gasteiger partial charge in [-0.3, -0.25) is 9.30 Å². The average Bonchev–Trinajstić information content (AvgIpc) is 3.53. The van der Waals surface area contributed by atoms with Crippen molar-refractivity contribution >= 4 is 55.7 Å². The van der Waals surface area contributed by atoms with Gasteiger partial charge in [0.25, 0.3) is 0 Å². The van der Waals surface area contributed by atoms with Crippen molar-refractivity contribution in [2.75, 3.05) is 63.6 Å². The lowest BCUT2D eigenvalue weighted by Crippen LogP contribution is -2.47. The second-order valence-corrected chi connectivity index (χ2v) is 12.0. The molecular formula is C23H26Cl2N8O3S. The van der Waals surface area contributed by atoms with Crippen LogP contribution in [0.4, 0.5) is 5.82 Å². The number of aromatic amines is 1. The molecule has 4 aromatic heterocycles. The standard InChI is InChI=1S/C23H26Cl2N8O3S/c1-37(34,35)32-6-4-30(5-7-32)13-15-14-33-20(25)19(17-12-27-21-16(18(17)24)2-3-26-21)29-22(23(33)28-15)31-8-10-36-11-9-31/h2-3,12,14H,4-11,13H2,1H3,(H,26,27). The van der Waals surface area contributed by atoms with Crippen LogP contribution in [0.5, 0.6) is 0 Å². The fourth-order valence-electron chi connectivity index (χ4n) is 4.88. The number of H-pyrrole nitrogens is 1. The number of rotatable bonds is 5. The second kappa shape index (κ2) is 9.68. The second-order valence-electron chi connectivity index (χ2n) is 9.26. The van der Waals surface area contributed by atoms with E-state index in [0.29, 0.717) is 97.6 Å². The maximum absolute atomic E-state index is 11.9. The summed E-state index contributed by atoms with van der Waals surface area (Å²) >= 11 is 13.7. The highest BCUT2D eigenvalue weighted by atomic mass is 35.5. The number of imidazole rings is 1. The molecule has 0 bridgehead atoms. The number of sulfonamides is 1. The summed E-state index contributed by atoms with van der Waals surface area (Å²) in [6, 6.07) is 1.88. The van der Waals surface area contributed by atoms with Gasteiger partial charge in [-0.15, -0.1) is 0 Å². The van der Waals surface area contributed by atoms with Gasteiger partial charge in [0, 0.05) is 75.4 Å². The van der Waals surface area contributed by atoms with Gasteiger partial charge in [-0.1, -0.05) is 23.2 Å². The number of nitrogens with zero attached hydrogens (tertiary/aromatic N) is 7. The lowest BCUT2D eigenvalue weighted by molar-refractivity contribution is 0.122. The third kappa shape index (κ3) is 4.66. The number of morpholine rings is 1. The molecule has 0 amide bonds. The van der Waals surface area contributed by atoms with Crippen LogP contribution in [0.2, 0.25) is 10.2 Å². The van der Waals surface area contributed by atoms with Gasteiger partial charge in [-0.05, 0) is 6.07 Å². The van der Waals surface area contributed by atoms with E-state index in [1.54, 1.807) is 12.4 Å². The number of ether oxygens (including phenoxy) is 1. The van der Waals surface area contributed by atoms with Crippen LogP contribution < -0.4 is 4.90 Å². The van der Waals surface area contributed by atoms with E-state index < -0.39 is 10.0 Å². The highest BCUT2D eigenvalue weighted by molar-refractivity contribution is 7.88. The van der Waals surface area contributed by atoms with Crippen molar-refractivity contribution in [1.29, 1.82) is 0 Å². The zero-order valence-corrected chi connectivity index (χ0v) is 22.5. The SMILES string of the molecule is CS(=O)(=O)N1CCN(Cc2cn3c(Cl)c(-c4cnc5[nH]ccc5c4Cl)nc(N4CCOCC4)c3n2)CC1. The van der Waals surface area contributed by atoms with E-state index in [9.17, 15) is 8.42 Å². The van der Waals surface area contributed by atoms with Crippen molar-refractivity contribution in [3.05, 3.63) is 40.5 Å². The molecule has 11 nitrogen and oxygen atoms in total. The molecule has 196 valence electrons. The summed E-state index contributed by atoms with van der Waals surface area (Å²) < 4.78 is 32.7. The number of hydrogen-bond donors (Lipinski definition) is 1. The van der Waals surface area contributed by atoms with E-state index in [-0.39, 0.29) is 0 Å². The Morgan fingerprint density at radius 1 is 1.08 bits per heavy atom. The molecule has 14 heteroatoms. The zero-order chi connectivity index (χ0) is 25.7. The van der Waals surface area contributed by atoms with Crippen LogP contribution in [0.1, 0.15) is 5.69 Å². The minimum absolute atomic E-state index is 0.395. The van der Waals surface area contributed by atoms with Gasteiger partial charge in [0.2, 0.25) is 10.0 Å². The summed E-state index contributed by atoms with van der Waals surface area (Å²) in [6.07, 6.45) is 6.65. The molecule has 0 atom stereocenters. The molecule has 37 heavy (non-hydrogen) atoms. The van der Waals surface area contributed by atoms with E-state index in [1.807, 2.05) is 16.7 Å². The number of pyridine rings is 1. The van der Waals surface area contributed by atoms with E-state index in [4.69, 9.17) is 37.9 Å². The number of fused-ring (bicyclic) bond motifs is 2. The molecule has 1 N–H and O–H groups in total. The normalized spacial score (nSPS) is 18.3. The van der Waals surface area contributed by atoms with Crippen LogP contribution in [-0.4, -0.2) is 101 Å². The number of piperazine rings is 1. The van der Waals surface area contributed by atoms with Crippen LogP contribution in [0.25, 0.3) is 27.9 Å². The van der Waals surface area contributed by atoms with Crippen molar-refractivity contribution in [2.45, 2.75) is 6.54 Å². The molecule has 2 fully saturated rings. The molecule has 0 saturated carbocycles. The fraction of sp³-hybridized carbons (Fsp3) is 0.435. The van der Waals surface area contributed by atoms with E-state index in [1.165, 1.54) is 10.6 Å². The zero-order valence-electron chi connectivity index (χ0n) is 20.2. The first kappa shape index (κ1) is 24.8. The quantitative estimate of drug-likeness (QED) is 0.393. The monoisotopic (exact) mass is 564 g/mol. The summed E-state index contributed by atoms with van der Waals surface area (Å²) in [5.41, 5.74) is 3.35. The van der Waals surface area contributed by atoms with Crippen LogP contribution in [0.15, 0.2) is 24.7 Å². The maximum Gasteiger partial charge on any atom is 0.211 e. The Labute approximate surface area is 224 Å². The van der Waals surface area contributed by atoms with Gasteiger partial charge in [0.15, 0.2) is 11.5 Å². The Hall–Kier alpha value is -2.48. The van der Waals surface area contributed by atoms with Gasteiger partial charge >= 0.3 is 0 Å². The highest BCUT2D eigenvalue weighted by Gasteiger charge is 2.26. The topological polar surface area (TPSA) is 112 Å². The molecule has 2 aliphatic heterocycles. The number of hydrogen-bond acceptors (Lipinski definition) is 8. The molecule has 6 heterocycles. The summed E-state index contributed by atoms with van der Waals surface area (Å²) in [7, 11) is -3.18. The van der Waals surface area contributed by atoms with Gasteiger partial charge in [-0.2, -0.15) is 4.31 Å². The number of aromatic nitrogens is 5. The molecule has 0 unspecified atom stereocenters. The highest BCUT2D eigenvalue weighted by Crippen LogP contribution is 2.38. The smallest absolute Gasteiger partial charge is 0.211 e. The Morgan fingerprint density at radius 2 is 1.84 bits per heavy atom. The predicted octanol–water partition coefficient (Wildman–Crippen LogP) is 2.49. The van der Waals surface area contributed by atoms with Crippen molar-refractivity contribution < 1.29 is 13.2 Å². The van der Waals surface area contributed by atoms with Gasteiger partial charge < -0.3 is 14.6 Å². The third-order valence-corrected chi connectivity index (χ3v) is 8.92. The molecule has 0 aromatic carbocycles. The van der Waals surface area contributed by atoms with Crippen molar-refractivity contribution in [3.8, 4) is 11.3 Å². The van der Waals surface area contributed by atoms with E-state index in [0.717, 1.165) is 11.1 Å². The largest absolute Gasteiger partial charge is 0.378 e. The molecular weight excluding hydrogens is 539 g/mol. The minimum Gasteiger partial charge on any atom is -0.378 e. The van der Waals surface area contributed by atoms with Gasteiger partial charge in [-0.25, -0.2) is 23.4 Å². The Morgan fingerprint density at radius 3 is 2.57 bits per heavy atom. The van der Waals surface area contributed by atoms with E-state index >= 15 is 0 Å². The summed E-state index contributed by atoms with van der Waals surface area (Å²) in [5.74, 6) is 0.709. The van der Waals surface area contributed by atoms with Crippen LogP contribution >= 0.6 is 23.2 Å². The number of anilines is 1. The third-order valence-electron chi connectivity index (χ3n) is 6.85. The van der Waals surface area contributed by atoms with Crippen molar-refractivity contribution in [2.24, 2.45) is 0 Å². The van der Waals surface area contributed by atoms with Gasteiger partial charge in [0.05, 0.1) is 30.2 Å². The summed E-state index contributed by atoms with van der Waals surface area (Å²) in [4.78, 5) is 21.8. The molecule has 2 saturated heterocycles. The summed E-state index contributed by atoms with van der Waals surface area (Å²) in [5, 5.41) is 1.72. The van der Waals surface area contributed by atoms with Gasteiger partial charge in [0.1, 0.15) is 16.5 Å². The molecule has 0 radical (unpaired) electrons. The first-order valence-electron chi connectivity index (χ1n) is 12.0. The molecule has 6 rings (SSSR count). The number of halogens is 2. The molecule has 0 aliphatic carbocycles. The van der Waals surface area contributed by atoms with Crippen molar-refractivity contribution in [3.63, 3.8) is 0 Å². The van der Waals surface area contributed by atoms with Crippen LogP contribution in [0.3, 0.4) is 0 Å². The lowest BCUT2D eigenvalue weighted by Gasteiger charge is -2.32. The van der Waals surface area contributed by atoms with Crippen LogP contribution in [-0.2, 0) is 21.3 Å². The van der Waals surface area contributed by atoms with Crippen molar-refractivity contribution in [1.82, 2.24) is 33.5 Å². The molecule has 2 aliphatic rings. The fourth-order valence-corrected chi connectivity index (χ4v) is 6.27. The Bertz CT molecular complexity index is 1570. The minimum atomic E-state index is -3.18. The maximum atomic E-state index is 11.9. The summed E-state index contributed by atoms with van der Waals surface area (Å²) in [6.45, 7) is 5.33. The molecule has 0 spiro atoms. The number of nitrogens with one attached hydrogen (secondary N) is 1. The first-order valence-corrected chi connectivity index (χ1v) is 14.6. The first-order chi connectivity index (χ1) is 17.8. The Balaban J connectivity index is 1.40. The predicted molar refractivity (Wildman–Crippen MR) is 143 cm³/mol. The van der Waals surface area contributed by atoms with Crippen LogP contribution in [0, 0.1) is 0 Å². The average molecular weight is 565 g/mol. The lowest BCUT2D eigenvalue weighted by atomic mass is 10.2. The van der Waals surface area contributed by atoms with E-state index in [2.05, 4.69) is 19.8 Å². The Kier molecular flexibility index (Phi) is 6.50. The molecule has 4 aromatic rings.